The average Bonchev–Trinajstić information content (AvgIpc) is 2.59. The van der Waals surface area contributed by atoms with Crippen LogP contribution >= 0.6 is 23.2 Å². The normalized spacial score (nSPS) is 10.5. The molecule has 0 atom stereocenters. The van der Waals surface area contributed by atoms with E-state index in [0.717, 1.165) is 5.56 Å². The van der Waals surface area contributed by atoms with E-state index >= 15 is 0 Å². The third kappa shape index (κ3) is 5.19. The second kappa shape index (κ2) is 9.55. The predicted molar refractivity (Wildman–Crippen MR) is 101 cm³/mol. The van der Waals surface area contributed by atoms with Gasteiger partial charge >= 0.3 is 5.97 Å². The Bertz CT molecular complexity index is 777. The van der Waals surface area contributed by atoms with E-state index < -0.39 is 5.97 Å². The van der Waals surface area contributed by atoms with Gasteiger partial charge in [0.15, 0.2) is 11.5 Å². The molecule has 0 heterocycles. The number of carboxylic acids is 1. The van der Waals surface area contributed by atoms with Crippen LogP contribution in [0.4, 0.5) is 0 Å². The van der Waals surface area contributed by atoms with Gasteiger partial charge in [-0.2, -0.15) is 0 Å². The number of carboxylic acid groups (broad SMARTS) is 1. The van der Waals surface area contributed by atoms with Gasteiger partial charge in [0.05, 0.1) is 19.8 Å². The van der Waals surface area contributed by atoms with Crippen LogP contribution in [-0.2, 0) is 6.42 Å². The maximum absolute atomic E-state index is 11.6. The third-order valence-corrected chi connectivity index (χ3v) is 4.11. The topological polar surface area (TPSA) is 65.0 Å². The minimum absolute atomic E-state index is 0.0131. The van der Waals surface area contributed by atoms with Crippen LogP contribution in [0.5, 0.6) is 17.2 Å². The number of hydrogen-bond donors (Lipinski definition) is 1. The lowest BCUT2D eigenvalue weighted by Gasteiger charge is -2.15. The highest BCUT2D eigenvalue weighted by molar-refractivity contribution is 6.35. The second-order valence-corrected chi connectivity index (χ2v) is 6.14. The fraction of sp³-hybridized carbons (Fsp3) is 0.316. The van der Waals surface area contributed by atoms with Gasteiger partial charge in [-0.05, 0) is 31.5 Å². The highest BCUT2D eigenvalue weighted by Gasteiger charge is 2.18. The highest BCUT2D eigenvalue weighted by atomic mass is 35.5. The Kier molecular flexibility index (Phi) is 7.42. The Labute approximate surface area is 162 Å². The fourth-order valence-electron chi connectivity index (χ4n) is 2.36. The van der Waals surface area contributed by atoms with Crippen molar-refractivity contribution in [3.63, 3.8) is 0 Å². The summed E-state index contributed by atoms with van der Waals surface area (Å²) >= 11 is 12.0. The highest BCUT2D eigenvalue weighted by Crippen LogP contribution is 2.35. The van der Waals surface area contributed by atoms with Crippen LogP contribution in [0.1, 0.15) is 29.8 Å². The van der Waals surface area contributed by atoms with E-state index in [2.05, 4.69) is 0 Å². The number of hydrogen-bond acceptors (Lipinski definition) is 4. The molecule has 0 amide bonds. The molecule has 0 radical (unpaired) electrons. The summed E-state index contributed by atoms with van der Waals surface area (Å²) < 4.78 is 16.7. The van der Waals surface area contributed by atoms with E-state index in [9.17, 15) is 9.90 Å². The van der Waals surface area contributed by atoms with Crippen molar-refractivity contribution in [3.05, 3.63) is 51.5 Å². The first kappa shape index (κ1) is 20.2. The van der Waals surface area contributed by atoms with Crippen molar-refractivity contribution in [3.8, 4) is 17.2 Å². The molecule has 0 bridgehead atoms. The Morgan fingerprint density at radius 2 is 1.62 bits per heavy atom. The van der Waals surface area contributed by atoms with Crippen LogP contribution in [-0.4, -0.2) is 30.9 Å². The number of carbonyl (C=O) groups is 1. The Morgan fingerprint density at radius 3 is 2.19 bits per heavy atom. The molecule has 2 aromatic rings. The monoisotopic (exact) mass is 398 g/mol. The fourth-order valence-corrected chi connectivity index (χ4v) is 2.86. The van der Waals surface area contributed by atoms with Crippen LogP contribution < -0.4 is 14.2 Å². The Balaban J connectivity index is 2.20. The SMILES string of the molecule is CCOc1cc(OCCc2ccc(Cl)cc2Cl)c(C(=O)O)cc1OCC. The molecule has 26 heavy (non-hydrogen) atoms. The molecular weight excluding hydrogens is 379 g/mol. The molecule has 2 rings (SSSR count). The van der Waals surface area contributed by atoms with Crippen molar-refractivity contribution >= 4 is 29.2 Å². The molecule has 0 fully saturated rings. The van der Waals surface area contributed by atoms with Crippen molar-refractivity contribution in [2.75, 3.05) is 19.8 Å². The van der Waals surface area contributed by atoms with Gasteiger partial charge in [0.2, 0.25) is 0 Å². The number of benzene rings is 2. The molecule has 0 aliphatic rings. The number of halogens is 2. The van der Waals surface area contributed by atoms with E-state index in [4.69, 9.17) is 37.4 Å². The summed E-state index contributed by atoms with van der Waals surface area (Å²) in [7, 11) is 0. The maximum atomic E-state index is 11.6. The lowest BCUT2D eigenvalue weighted by molar-refractivity contribution is 0.0691. The molecule has 0 saturated heterocycles. The molecule has 1 N–H and O–H groups in total. The summed E-state index contributed by atoms with van der Waals surface area (Å²) in [6.07, 6.45) is 0.506. The summed E-state index contributed by atoms with van der Waals surface area (Å²) in [5.74, 6) is -0.0678. The Hall–Kier alpha value is -2.11. The number of rotatable bonds is 9. The first-order valence-electron chi connectivity index (χ1n) is 8.19. The van der Waals surface area contributed by atoms with E-state index in [0.29, 0.717) is 41.2 Å². The summed E-state index contributed by atoms with van der Waals surface area (Å²) in [5.41, 5.74) is 0.878. The second-order valence-electron chi connectivity index (χ2n) is 5.30. The molecule has 0 aliphatic heterocycles. The van der Waals surface area contributed by atoms with E-state index in [1.807, 2.05) is 19.9 Å². The van der Waals surface area contributed by atoms with Crippen LogP contribution in [0.2, 0.25) is 10.0 Å². The summed E-state index contributed by atoms with van der Waals surface area (Å²) in [6, 6.07) is 8.18. The molecule has 5 nitrogen and oxygen atoms in total. The van der Waals surface area contributed by atoms with Crippen molar-refractivity contribution in [1.29, 1.82) is 0 Å². The quantitative estimate of drug-likeness (QED) is 0.635. The van der Waals surface area contributed by atoms with Gasteiger partial charge in [0.1, 0.15) is 11.3 Å². The number of ether oxygens (including phenoxy) is 3. The summed E-state index contributed by atoms with van der Waals surface area (Å²) in [4.78, 5) is 11.6. The van der Waals surface area contributed by atoms with Gasteiger partial charge in [-0.25, -0.2) is 4.79 Å². The zero-order valence-corrected chi connectivity index (χ0v) is 16.1. The molecule has 0 saturated carbocycles. The van der Waals surface area contributed by atoms with Crippen LogP contribution in [0.15, 0.2) is 30.3 Å². The smallest absolute Gasteiger partial charge is 0.339 e. The van der Waals surface area contributed by atoms with Crippen molar-refractivity contribution in [2.45, 2.75) is 20.3 Å². The molecule has 2 aromatic carbocycles. The molecular formula is C19H20Cl2O5. The van der Waals surface area contributed by atoms with E-state index in [-0.39, 0.29) is 17.9 Å². The van der Waals surface area contributed by atoms with E-state index in [1.165, 1.54) is 6.07 Å². The molecule has 0 aliphatic carbocycles. The molecule has 140 valence electrons. The van der Waals surface area contributed by atoms with Gasteiger partial charge < -0.3 is 19.3 Å². The lowest BCUT2D eigenvalue weighted by atomic mass is 10.1. The minimum atomic E-state index is -1.10. The first-order valence-corrected chi connectivity index (χ1v) is 8.95. The van der Waals surface area contributed by atoms with Crippen LogP contribution in [0, 0.1) is 0 Å². The van der Waals surface area contributed by atoms with Gasteiger partial charge in [-0.3, -0.25) is 0 Å². The minimum Gasteiger partial charge on any atom is -0.492 e. The maximum Gasteiger partial charge on any atom is 0.339 e. The number of aromatic carboxylic acids is 1. The van der Waals surface area contributed by atoms with Crippen LogP contribution in [0.25, 0.3) is 0 Å². The molecule has 7 heteroatoms. The molecule has 0 spiro atoms. The third-order valence-electron chi connectivity index (χ3n) is 3.52. The molecule has 0 aromatic heterocycles. The van der Waals surface area contributed by atoms with Crippen molar-refractivity contribution in [1.82, 2.24) is 0 Å². The average molecular weight is 399 g/mol. The van der Waals surface area contributed by atoms with E-state index in [1.54, 1.807) is 18.2 Å². The lowest BCUT2D eigenvalue weighted by Crippen LogP contribution is -2.08. The standard InChI is InChI=1S/C19H20Cl2O5/c1-3-24-17-10-14(19(22)23)16(11-18(17)25-4-2)26-8-7-12-5-6-13(20)9-15(12)21/h5-6,9-11H,3-4,7-8H2,1-2H3,(H,22,23). The zero-order valence-electron chi connectivity index (χ0n) is 14.6. The van der Waals surface area contributed by atoms with Gasteiger partial charge in [0, 0.05) is 28.6 Å². The Morgan fingerprint density at radius 1 is 0.962 bits per heavy atom. The van der Waals surface area contributed by atoms with Gasteiger partial charge in [0.25, 0.3) is 0 Å². The predicted octanol–water partition coefficient (Wildman–Crippen LogP) is 5.11. The zero-order chi connectivity index (χ0) is 19.1. The largest absolute Gasteiger partial charge is 0.492 e. The van der Waals surface area contributed by atoms with Crippen molar-refractivity contribution in [2.24, 2.45) is 0 Å². The van der Waals surface area contributed by atoms with Gasteiger partial charge in [-0.15, -0.1) is 0 Å². The first-order chi connectivity index (χ1) is 12.5. The molecule has 0 unspecified atom stereocenters. The van der Waals surface area contributed by atoms with Crippen LogP contribution in [0.3, 0.4) is 0 Å². The van der Waals surface area contributed by atoms with Gasteiger partial charge in [-0.1, -0.05) is 29.3 Å². The van der Waals surface area contributed by atoms with Crippen molar-refractivity contribution < 1.29 is 24.1 Å². The summed E-state index contributed by atoms with van der Waals surface area (Å²) in [5, 5.41) is 10.6. The summed E-state index contributed by atoms with van der Waals surface area (Å²) in [6.45, 7) is 4.72.